The molecule has 0 aliphatic rings. The van der Waals surface area contributed by atoms with E-state index in [0.29, 0.717) is 5.06 Å². The van der Waals surface area contributed by atoms with Gasteiger partial charge in [-0.1, -0.05) is 31.2 Å². The van der Waals surface area contributed by atoms with Gasteiger partial charge in [-0.3, -0.25) is 19.3 Å². The zero-order valence-electron chi connectivity index (χ0n) is 29.9. The normalized spacial score (nSPS) is 13.3. The van der Waals surface area contributed by atoms with E-state index in [1.165, 1.54) is 39.0 Å². The predicted molar refractivity (Wildman–Crippen MR) is 171 cm³/mol. The molecule has 280 valence electrons. The monoisotopic (exact) mass is 721 g/mol. The summed E-state index contributed by atoms with van der Waals surface area (Å²) in [6.07, 6.45) is -2.53. The Labute approximate surface area is 287 Å². The van der Waals surface area contributed by atoms with Crippen molar-refractivity contribution < 1.29 is 60.2 Å². The summed E-state index contributed by atoms with van der Waals surface area (Å²) < 4.78 is 91.3. The van der Waals surface area contributed by atoms with Gasteiger partial charge in [-0.25, -0.2) is 23.4 Å². The fourth-order valence-electron chi connectivity index (χ4n) is 4.74. The zero-order chi connectivity index (χ0) is 39.2. The molecule has 0 saturated heterocycles. The van der Waals surface area contributed by atoms with Gasteiger partial charge in [-0.2, -0.15) is 17.6 Å². The van der Waals surface area contributed by atoms with Gasteiger partial charge in [-0.15, -0.1) is 0 Å². The molecule has 0 fully saturated rings. The van der Waals surface area contributed by atoms with Gasteiger partial charge in [0.1, 0.15) is 17.2 Å². The number of alkyl halides is 4. The first-order chi connectivity index (χ1) is 22.7. The Balaban J connectivity index is 0.000000502. The van der Waals surface area contributed by atoms with Crippen LogP contribution in [0.3, 0.4) is 0 Å². The van der Waals surface area contributed by atoms with Crippen LogP contribution in [0.15, 0.2) is 36.4 Å². The van der Waals surface area contributed by atoms with Crippen molar-refractivity contribution in [3.63, 3.8) is 0 Å². The maximum absolute atomic E-state index is 14.8. The summed E-state index contributed by atoms with van der Waals surface area (Å²) in [6.45, 7) is 13.9. The van der Waals surface area contributed by atoms with E-state index in [1.807, 2.05) is 0 Å². The number of hydrogen-bond donors (Lipinski definition) is 2. The van der Waals surface area contributed by atoms with Crippen LogP contribution >= 0.6 is 0 Å². The Hall–Kier alpha value is -4.34. The molecule has 2 aromatic carbocycles. The molecular formula is C34H45F6N3O7. The predicted octanol–water partition coefficient (Wildman–Crippen LogP) is 8.26. The number of hydroxylamine groups is 2. The highest BCUT2D eigenvalue weighted by atomic mass is 19.3. The van der Waals surface area contributed by atoms with E-state index in [1.54, 1.807) is 41.5 Å². The maximum Gasteiger partial charge on any atom is 0.408 e. The first-order valence-electron chi connectivity index (χ1n) is 15.4. The van der Waals surface area contributed by atoms with Crippen molar-refractivity contribution in [1.29, 1.82) is 0 Å². The molecule has 0 aliphatic heterocycles. The van der Waals surface area contributed by atoms with Gasteiger partial charge in [-0.05, 0) is 67.5 Å². The third-order valence-corrected chi connectivity index (χ3v) is 7.20. The molecule has 2 rings (SSSR count). The third-order valence-electron chi connectivity index (χ3n) is 7.20. The summed E-state index contributed by atoms with van der Waals surface area (Å²) in [6, 6.07) is 4.55. The molecule has 0 spiro atoms. The topological polar surface area (TPSA) is 125 Å². The van der Waals surface area contributed by atoms with Crippen molar-refractivity contribution in [2.24, 2.45) is 0 Å². The second-order valence-corrected chi connectivity index (χ2v) is 13.2. The van der Waals surface area contributed by atoms with Crippen LogP contribution in [-0.4, -0.2) is 64.2 Å². The quantitative estimate of drug-likeness (QED) is 0.187. The molecule has 3 amide bonds. The van der Waals surface area contributed by atoms with Crippen molar-refractivity contribution in [1.82, 2.24) is 15.3 Å². The Morgan fingerprint density at radius 1 is 0.840 bits per heavy atom. The lowest BCUT2D eigenvalue weighted by molar-refractivity contribution is -0.196. The van der Waals surface area contributed by atoms with Crippen LogP contribution in [0.4, 0.5) is 35.9 Å². The number of ether oxygens (including phenoxy) is 1. The SMILES string of the molecule is CCC(=O)C(F)(F)c1cccc([C@@H](C)NC(=O)OC(C)(C)C)c1F.CON(C)C(=O)C(F)(F)c1cccc([C@@H](C)N(C(=O)O)C(C)(C)C)c1F. The molecule has 16 heteroatoms. The summed E-state index contributed by atoms with van der Waals surface area (Å²) in [5.74, 6) is -13.8. The number of benzene rings is 2. The minimum atomic E-state index is -4.18. The fraction of sp³-hybridized carbons (Fsp3) is 0.529. The number of carbonyl (C=O) groups is 4. The Morgan fingerprint density at radius 3 is 1.72 bits per heavy atom. The minimum Gasteiger partial charge on any atom is -0.465 e. The highest BCUT2D eigenvalue weighted by molar-refractivity contribution is 5.86. The molecule has 0 radical (unpaired) electrons. The minimum absolute atomic E-state index is 0.151. The van der Waals surface area contributed by atoms with Crippen LogP contribution in [0.2, 0.25) is 0 Å². The van der Waals surface area contributed by atoms with Crippen LogP contribution in [0.1, 0.15) is 103 Å². The Bertz CT molecular complexity index is 1540. The van der Waals surface area contributed by atoms with Gasteiger partial charge in [0.15, 0.2) is 0 Å². The fourth-order valence-corrected chi connectivity index (χ4v) is 4.74. The van der Waals surface area contributed by atoms with E-state index in [4.69, 9.17) is 4.74 Å². The lowest BCUT2D eigenvalue weighted by Crippen LogP contribution is -2.46. The van der Waals surface area contributed by atoms with Gasteiger partial charge < -0.3 is 15.2 Å². The van der Waals surface area contributed by atoms with Gasteiger partial charge in [0.2, 0.25) is 5.78 Å². The smallest absolute Gasteiger partial charge is 0.408 e. The molecule has 0 aliphatic carbocycles. The number of hydrogen-bond acceptors (Lipinski definition) is 6. The molecule has 0 unspecified atom stereocenters. The number of carboxylic acid groups (broad SMARTS) is 1. The van der Waals surface area contributed by atoms with Crippen molar-refractivity contribution in [2.45, 2.75) is 104 Å². The highest BCUT2D eigenvalue weighted by Crippen LogP contribution is 2.37. The summed E-state index contributed by atoms with van der Waals surface area (Å²) >= 11 is 0. The highest BCUT2D eigenvalue weighted by Gasteiger charge is 2.47. The van der Waals surface area contributed by atoms with Gasteiger partial charge in [0.25, 0.3) is 0 Å². The van der Waals surface area contributed by atoms with Crippen LogP contribution in [0.5, 0.6) is 0 Å². The van der Waals surface area contributed by atoms with Crippen molar-refractivity contribution >= 4 is 23.9 Å². The number of rotatable bonds is 10. The largest absolute Gasteiger partial charge is 0.465 e. The standard InChI is InChI=1S/C17H23F3N2O4.C17H22F3NO3/c1-10(22(15(24)25)16(2,3)4)11-8-7-9-12(13(11)18)17(19,20)14(23)21(5)26-6;1-6-13(22)17(19,20)12-9-7-8-11(14(12)18)10(2)21-15(23)24-16(3,4)5/h7-10H,1-6H3,(H,24,25);7-10H,6H2,1-5H3,(H,21,23)/t2*10-/m11/s1. The van der Waals surface area contributed by atoms with Crippen molar-refractivity contribution in [3.8, 4) is 0 Å². The molecular weight excluding hydrogens is 676 g/mol. The lowest BCUT2D eigenvalue weighted by Gasteiger charge is -2.38. The lowest BCUT2D eigenvalue weighted by atomic mass is 9.96. The van der Waals surface area contributed by atoms with E-state index < -0.39 is 88.1 Å². The van der Waals surface area contributed by atoms with Crippen molar-refractivity contribution in [3.05, 3.63) is 70.3 Å². The van der Waals surface area contributed by atoms with Crippen LogP contribution in [0, 0.1) is 11.6 Å². The summed E-state index contributed by atoms with van der Waals surface area (Å²) in [4.78, 5) is 51.9. The molecule has 50 heavy (non-hydrogen) atoms. The molecule has 0 saturated carbocycles. The third kappa shape index (κ3) is 10.6. The van der Waals surface area contributed by atoms with E-state index in [2.05, 4.69) is 10.2 Å². The number of halogens is 6. The molecule has 0 aromatic heterocycles. The summed E-state index contributed by atoms with van der Waals surface area (Å²) in [5.41, 5.74) is -4.19. The van der Waals surface area contributed by atoms with E-state index >= 15 is 0 Å². The molecule has 2 aromatic rings. The first-order valence-corrected chi connectivity index (χ1v) is 15.4. The van der Waals surface area contributed by atoms with E-state index in [9.17, 15) is 50.6 Å². The van der Waals surface area contributed by atoms with Crippen LogP contribution in [-0.2, 0) is 31.0 Å². The molecule has 0 bridgehead atoms. The summed E-state index contributed by atoms with van der Waals surface area (Å²) in [7, 11) is 2.00. The number of carbonyl (C=O) groups excluding carboxylic acids is 3. The van der Waals surface area contributed by atoms with E-state index in [-0.39, 0.29) is 11.1 Å². The molecule has 0 heterocycles. The van der Waals surface area contributed by atoms with Gasteiger partial charge >= 0.3 is 29.9 Å². The van der Waals surface area contributed by atoms with Gasteiger partial charge in [0.05, 0.1) is 30.3 Å². The second kappa shape index (κ2) is 16.6. The Morgan fingerprint density at radius 2 is 1.30 bits per heavy atom. The Kier molecular flexibility index (Phi) is 14.5. The van der Waals surface area contributed by atoms with E-state index in [0.717, 1.165) is 37.3 Å². The average molecular weight is 722 g/mol. The number of nitrogens with one attached hydrogen (secondary N) is 1. The number of ketones is 1. The average Bonchev–Trinajstić information content (AvgIpc) is 2.97. The molecule has 10 nitrogen and oxygen atoms in total. The molecule has 2 N–H and O–H groups in total. The zero-order valence-corrected chi connectivity index (χ0v) is 29.9. The number of likely N-dealkylation sites (N-methyl/N-ethyl adjacent to an activating group) is 1. The number of nitrogens with zero attached hydrogens (tertiary/aromatic N) is 2. The first kappa shape index (κ1) is 43.7. The maximum atomic E-state index is 14.8. The molecule has 2 atom stereocenters. The van der Waals surface area contributed by atoms with Gasteiger partial charge in [0, 0.05) is 30.1 Å². The number of amides is 3. The van der Waals surface area contributed by atoms with Crippen LogP contribution in [0.25, 0.3) is 0 Å². The number of Topliss-reactive ketones (excluding diaryl/α,β-unsaturated/α-hetero) is 1. The summed E-state index contributed by atoms with van der Waals surface area (Å²) in [5, 5.41) is 12.1. The van der Waals surface area contributed by atoms with Crippen LogP contribution < -0.4 is 5.32 Å². The van der Waals surface area contributed by atoms with Crippen molar-refractivity contribution in [2.75, 3.05) is 14.2 Å². The number of alkyl carbamates (subject to hydrolysis) is 1. The second-order valence-electron chi connectivity index (χ2n) is 13.2.